The van der Waals surface area contributed by atoms with Crippen molar-refractivity contribution in [1.82, 2.24) is 19.6 Å². The van der Waals surface area contributed by atoms with Gasteiger partial charge in [0.15, 0.2) is 0 Å². The maximum Gasteiger partial charge on any atom is 0.124 e. The molecule has 122 valence electrons. The Labute approximate surface area is 138 Å². The molecule has 0 radical (unpaired) electrons. The van der Waals surface area contributed by atoms with Crippen LogP contribution in [0, 0.1) is 13.8 Å². The predicted octanol–water partition coefficient (Wildman–Crippen LogP) is 3.87. The van der Waals surface area contributed by atoms with Gasteiger partial charge in [-0.25, -0.2) is 4.68 Å². The number of rotatable bonds is 5. The molecule has 1 aliphatic carbocycles. The summed E-state index contributed by atoms with van der Waals surface area (Å²) in [6.07, 6.45) is 7.45. The third kappa shape index (κ3) is 3.46. The molecule has 0 bridgehead atoms. The van der Waals surface area contributed by atoms with Crippen LogP contribution in [0.3, 0.4) is 0 Å². The molecular formula is C16H26ClN5. The fourth-order valence-electron chi connectivity index (χ4n) is 3.16. The van der Waals surface area contributed by atoms with Crippen LogP contribution < -0.4 is 5.32 Å². The maximum atomic E-state index is 4.71. The second kappa shape index (κ2) is 7.18. The number of halogens is 1. The van der Waals surface area contributed by atoms with Crippen molar-refractivity contribution < 1.29 is 0 Å². The first-order valence-electron chi connectivity index (χ1n) is 8.00. The zero-order chi connectivity index (χ0) is 14.8. The van der Waals surface area contributed by atoms with Crippen molar-refractivity contribution in [3.8, 4) is 0 Å². The van der Waals surface area contributed by atoms with Gasteiger partial charge in [0, 0.05) is 30.9 Å². The summed E-state index contributed by atoms with van der Waals surface area (Å²) in [4.78, 5) is 0. The SMILES string of the molecule is CCn1nc(C)cc1NCc1cn(C2CCCC2)nc1C.Cl. The summed E-state index contributed by atoms with van der Waals surface area (Å²) in [7, 11) is 0. The first-order chi connectivity index (χ1) is 10.2. The third-order valence-electron chi connectivity index (χ3n) is 4.38. The van der Waals surface area contributed by atoms with E-state index in [4.69, 9.17) is 5.10 Å². The summed E-state index contributed by atoms with van der Waals surface area (Å²) < 4.78 is 4.19. The first kappa shape index (κ1) is 16.9. The van der Waals surface area contributed by atoms with E-state index < -0.39 is 0 Å². The molecule has 1 aliphatic rings. The van der Waals surface area contributed by atoms with Gasteiger partial charge in [-0.05, 0) is 33.6 Å². The van der Waals surface area contributed by atoms with Gasteiger partial charge in [-0.3, -0.25) is 4.68 Å². The molecule has 0 aromatic carbocycles. The monoisotopic (exact) mass is 323 g/mol. The number of aryl methyl sites for hydroxylation is 3. The van der Waals surface area contributed by atoms with E-state index in [1.165, 1.54) is 31.2 Å². The standard InChI is InChI=1S/C16H25N5.ClH/c1-4-20-16(9-12(2)18-20)17-10-14-11-21(19-13(14)3)15-7-5-6-8-15;/h9,11,15,17H,4-8,10H2,1-3H3;1H. The van der Waals surface area contributed by atoms with Crippen molar-refractivity contribution in [3.63, 3.8) is 0 Å². The van der Waals surface area contributed by atoms with E-state index >= 15 is 0 Å². The van der Waals surface area contributed by atoms with Gasteiger partial charge in [0.1, 0.15) is 5.82 Å². The second-order valence-electron chi connectivity index (χ2n) is 6.00. The molecule has 2 aromatic heterocycles. The van der Waals surface area contributed by atoms with Crippen LogP contribution >= 0.6 is 12.4 Å². The zero-order valence-electron chi connectivity index (χ0n) is 13.7. The van der Waals surface area contributed by atoms with Crippen LogP contribution in [0.15, 0.2) is 12.3 Å². The molecule has 3 rings (SSSR count). The van der Waals surface area contributed by atoms with E-state index in [0.717, 1.165) is 30.3 Å². The Morgan fingerprint density at radius 1 is 1.23 bits per heavy atom. The Morgan fingerprint density at radius 2 is 1.95 bits per heavy atom. The molecule has 2 heterocycles. The predicted molar refractivity (Wildman–Crippen MR) is 91.7 cm³/mol. The summed E-state index contributed by atoms with van der Waals surface area (Å²) in [5.41, 5.74) is 3.47. The minimum absolute atomic E-state index is 0. The Balaban J connectivity index is 0.00000176. The number of hydrogen-bond acceptors (Lipinski definition) is 3. The van der Waals surface area contributed by atoms with Gasteiger partial charge in [0.2, 0.25) is 0 Å². The lowest BCUT2D eigenvalue weighted by atomic mass is 10.2. The smallest absolute Gasteiger partial charge is 0.124 e. The highest BCUT2D eigenvalue weighted by molar-refractivity contribution is 5.85. The summed E-state index contributed by atoms with van der Waals surface area (Å²) >= 11 is 0. The summed E-state index contributed by atoms with van der Waals surface area (Å²) in [5, 5.41) is 12.7. The Hall–Kier alpha value is -1.49. The van der Waals surface area contributed by atoms with Gasteiger partial charge < -0.3 is 5.32 Å². The maximum absolute atomic E-state index is 4.71. The lowest BCUT2D eigenvalue weighted by Crippen LogP contribution is -2.07. The van der Waals surface area contributed by atoms with Gasteiger partial charge in [-0.2, -0.15) is 10.2 Å². The molecule has 5 nitrogen and oxygen atoms in total. The second-order valence-corrected chi connectivity index (χ2v) is 6.00. The van der Waals surface area contributed by atoms with Gasteiger partial charge >= 0.3 is 0 Å². The highest BCUT2D eigenvalue weighted by Gasteiger charge is 2.18. The van der Waals surface area contributed by atoms with Crippen LogP contribution in [0.4, 0.5) is 5.82 Å². The van der Waals surface area contributed by atoms with E-state index in [0.29, 0.717) is 6.04 Å². The topological polar surface area (TPSA) is 47.7 Å². The molecule has 6 heteroatoms. The molecule has 2 aromatic rings. The van der Waals surface area contributed by atoms with Crippen LogP contribution in [0.1, 0.15) is 55.6 Å². The average Bonchev–Trinajstić information content (AvgIpc) is 3.16. The van der Waals surface area contributed by atoms with Crippen LogP contribution in [-0.4, -0.2) is 19.6 Å². The molecule has 0 spiro atoms. The number of hydrogen-bond donors (Lipinski definition) is 1. The largest absolute Gasteiger partial charge is 0.366 e. The molecule has 1 fully saturated rings. The van der Waals surface area contributed by atoms with E-state index in [9.17, 15) is 0 Å². The van der Waals surface area contributed by atoms with E-state index in [1.807, 2.05) is 11.6 Å². The van der Waals surface area contributed by atoms with Crippen LogP contribution in [0.2, 0.25) is 0 Å². The van der Waals surface area contributed by atoms with Crippen molar-refractivity contribution in [2.24, 2.45) is 0 Å². The first-order valence-corrected chi connectivity index (χ1v) is 8.00. The number of aromatic nitrogens is 4. The molecular weight excluding hydrogens is 298 g/mol. The van der Waals surface area contributed by atoms with E-state index in [-0.39, 0.29) is 12.4 Å². The summed E-state index contributed by atoms with van der Waals surface area (Å²) in [6.45, 7) is 7.94. The van der Waals surface area contributed by atoms with Gasteiger partial charge in [-0.15, -0.1) is 12.4 Å². The molecule has 0 unspecified atom stereocenters. The zero-order valence-corrected chi connectivity index (χ0v) is 14.5. The molecule has 1 saturated carbocycles. The Morgan fingerprint density at radius 3 is 2.64 bits per heavy atom. The lowest BCUT2D eigenvalue weighted by Gasteiger charge is -2.09. The molecule has 1 N–H and O–H groups in total. The Bertz CT molecular complexity index is 610. The summed E-state index contributed by atoms with van der Waals surface area (Å²) in [6, 6.07) is 2.71. The van der Waals surface area contributed by atoms with Crippen molar-refractivity contribution in [2.45, 2.75) is 65.6 Å². The van der Waals surface area contributed by atoms with Gasteiger partial charge in [0.05, 0.1) is 17.4 Å². The summed E-state index contributed by atoms with van der Waals surface area (Å²) in [5.74, 6) is 1.09. The number of nitrogens with zero attached hydrogens (tertiary/aromatic N) is 4. The van der Waals surface area contributed by atoms with Crippen molar-refractivity contribution in [3.05, 3.63) is 29.2 Å². The van der Waals surface area contributed by atoms with Gasteiger partial charge in [-0.1, -0.05) is 12.8 Å². The molecule has 0 saturated heterocycles. The van der Waals surface area contributed by atoms with Crippen LogP contribution in [0.25, 0.3) is 0 Å². The Kier molecular flexibility index (Phi) is 5.51. The fourth-order valence-corrected chi connectivity index (χ4v) is 3.16. The van der Waals surface area contributed by atoms with Crippen molar-refractivity contribution in [2.75, 3.05) is 5.32 Å². The minimum Gasteiger partial charge on any atom is -0.366 e. The lowest BCUT2D eigenvalue weighted by molar-refractivity contribution is 0.464. The third-order valence-corrected chi connectivity index (χ3v) is 4.38. The molecule has 22 heavy (non-hydrogen) atoms. The van der Waals surface area contributed by atoms with E-state index in [2.05, 4.69) is 41.2 Å². The quantitative estimate of drug-likeness (QED) is 0.908. The van der Waals surface area contributed by atoms with Crippen molar-refractivity contribution >= 4 is 18.2 Å². The van der Waals surface area contributed by atoms with Crippen LogP contribution in [-0.2, 0) is 13.1 Å². The average molecular weight is 324 g/mol. The number of anilines is 1. The number of nitrogens with one attached hydrogen (secondary N) is 1. The molecule has 0 aliphatic heterocycles. The van der Waals surface area contributed by atoms with Crippen molar-refractivity contribution in [1.29, 1.82) is 0 Å². The van der Waals surface area contributed by atoms with Crippen LogP contribution in [0.5, 0.6) is 0 Å². The minimum atomic E-state index is 0. The van der Waals surface area contributed by atoms with E-state index in [1.54, 1.807) is 0 Å². The highest BCUT2D eigenvalue weighted by atomic mass is 35.5. The molecule has 0 amide bonds. The normalized spacial score (nSPS) is 15.0. The fraction of sp³-hybridized carbons (Fsp3) is 0.625. The molecule has 0 atom stereocenters. The highest BCUT2D eigenvalue weighted by Crippen LogP contribution is 2.29. The van der Waals surface area contributed by atoms with Gasteiger partial charge in [0.25, 0.3) is 0 Å².